The highest BCUT2D eigenvalue weighted by Gasteiger charge is 2.18. The fraction of sp³-hybridized carbons (Fsp3) is 0.167. The number of nitrogens with zero attached hydrogens (tertiary/aromatic N) is 8. The van der Waals surface area contributed by atoms with Gasteiger partial charge < -0.3 is 0 Å². The van der Waals surface area contributed by atoms with E-state index in [4.69, 9.17) is 4.98 Å². The summed E-state index contributed by atoms with van der Waals surface area (Å²) >= 11 is 0. The molecule has 5 rings (SSSR count). The van der Waals surface area contributed by atoms with Crippen LogP contribution in [-0.4, -0.2) is 39.1 Å². The van der Waals surface area contributed by atoms with E-state index in [-0.39, 0.29) is 6.04 Å². The Bertz CT molecular complexity index is 1210. The van der Waals surface area contributed by atoms with Gasteiger partial charge in [-0.2, -0.15) is 10.2 Å². The first-order chi connectivity index (χ1) is 12.7. The molecule has 0 saturated heterocycles. The fourth-order valence-corrected chi connectivity index (χ4v) is 3.04. The van der Waals surface area contributed by atoms with E-state index in [1.165, 1.54) is 0 Å². The van der Waals surface area contributed by atoms with Crippen LogP contribution >= 0.6 is 0 Å². The number of benzene rings is 1. The zero-order valence-electron chi connectivity index (χ0n) is 14.4. The lowest BCUT2D eigenvalue weighted by Gasteiger charge is -2.06. The van der Waals surface area contributed by atoms with Crippen LogP contribution in [0.3, 0.4) is 0 Å². The summed E-state index contributed by atoms with van der Waals surface area (Å²) in [6.07, 6.45) is 5.40. The van der Waals surface area contributed by atoms with E-state index in [0.29, 0.717) is 5.82 Å². The first kappa shape index (κ1) is 14.8. The SMILES string of the molecule is Cc1ccn([C@H](C)c2nc3c4cnn(-c5ccccc5)c4ncn3n2)n1. The van der Waals surface area contributed by atoms with E-state index in [0.717, 1.165) is 28.1 Å². The summed E-state index contributed by atoms with van der Waals surface area (Å²) in [5, 5.41) is 14.4. The second-order valence-electron chi connectivity index (χ2n) is 6.23. The maximum absolute atomic E-state index is 4.73. The molecular weight excluding hydrogens is 328 g/mol. The van der Waals surface area contributed by atoms with Crippen LogP contribution in [0.5, 0.6) is 0 Å². The molecule has 0 amide bonds. The lowest BCUT2D eigenvalue weighted by molar-refractivity contribution is 0.533. The lowest BCUT2D eigenvalue weighted by Crippen LogP contribution is -2.09. The summed E-state index contributed by atoms with van der Waals surface area (Å²) in [5.41, 5.74) is 3.42. The number of rotatable bonds is 3. The third-order valence-corrected chi connectivity index (χ3v) is 4.43. The minimum atomic E-state index is -0.0668. The van der Waals surface area contributed by atoms with E-state index in [1.807, 2.05) is 65.8 Å². The molecule has 0 N–H and O–H groups in total. The fourth-order valence-electron chi connectivity index (χ4n) is 3.04. The summed E-state index contributed by atoms with van der Waals surface area (Å²) in [4.78, 5) is 9.26. The van der Waals surface area contributed by atoms with Gasteiger partial charge in [0.2, 0.25) is 0 Å². The smallest absolute Gasteiger partial charge is 0.176 e. The van der Waals surface area contributed by atoms with Gasteiger partial charge in [-0.1, -0.05) is 18.2 Å². The number of para-hydroxylation sites is 1. The monoisotopic (exact) mass is 344 g/mol. The van der Waals surface area contributed by atoms with Gasteiger partial charge in [0.15, 0.2) is 17.1 Å². The van der Waals surface area contributed by atoms with E-state index in [9.17, 15) is 0 Å². The van der Waals surface area contributed by atoms with Crippen LogP contribution in [0.25, 0.3) is 22.4 Å². The molecule has 4 heterocycles. The molecule has 0 aliphatic carbocycles. The highest BCUT2D eigenvalue weighted by molar-refractivity contribution is 5.89. The average Bonchev–Trinajstić information content (AvgIpc) is 3.38. The minimum absolute atomic E-state index is 0.0668. The standard InChI is InChI=1S/C18H16N8/c1-12-8-9-24(22-12)13(2)16-21-18-15-10-20-26(14-6-4-3-5-7-14)17(15)19-11-25(18)23-16/h3-11,13H,1-2H3/t13-/m1/s1. The van der Waals surface area contributed by atoms with Gasteiger partial charge in [-0.25, -0.2) is 19.2 Å². The Morgan fingerprint density at radius 2 is 1.85 bits per heavy atom. The van der Waals surface area contributed by atoms with Crippen molar-refractivity contribution in [2.24, 2.45) is 0 Å². The first-order valence-electron chi connectivity index (χ1n) is 8.37. The van der Waals surface area contributed by atoms with Crippen LogP contribution < -0.4 is 0 Å². The summed E-state index contributed by atoms with van der Waals surface area (Å²) in [6, 6.07) is 11.8. The summed E-state index contributed by atoms with van der Waals surface area (Å²) < 4.78 is 5.37. The maximum atomic E-state index is 4.73. The van der Waals surface area contributed by atoms with Crippen molar-refractivity contribution in [1.29, 1.82) is 0 Å². The van der Waals surface area contributed by atoms with Crippen molar-refractivity contribution in [3.05, 3.63) is 66.6 Å². The normalized spacial score (nSPS) is 12.8. The van der Waals surface area contributed by atoms with E-state index in [2.05, 4.69) is 20.3 Å². The van der Waals surface area contributed by atoms with Crippen molar-refractivity contribution in [3.63, 3.8) is 0 Å². The van der Waals surface area contributed by atoms with Crippen molar-refractivity contribution >= 4 is 16.7 Å². The minimum Gasteiger partial charge on any atom is -0.262 e. The van der Waals surface area contributed by atoms with Gasteiger partial charge in [-0.05, 0) is 32.0 Å². The van der Waals surface area contributed by atoms with Crippen molar-refractivity contribution in [2.75, 3.05) is 0 Å². The molecule has 0 spiro atoms. The molecule has 0 bridgehead atoms. The van der Waals surface area contributed by atoms with Crippen LogP contribution in [0.2, 0.25) is 0 Å². The molecule has 0 aliphatic heterocycles. The van der Waals surface area contributed by atoms with Gasteiger partial charge in [0.25, 0.3) is 0 Å². The Labute approximate surface area is 148 Å². The average molecular weight is 344 g/mol. The Hall–Kier alpha value is -3.55. The van der Waals surface area contributed by atoms with E-state index in [1.54, 1.807) is 17.0 Å². The predicted octanol–water partition coefficient (Wildman–Crippen LogP) is 2.58. The van der Waals surface area contributed by atoms with Gasteiger partial charge in [0, 0.05) is 6.20 Å². The Balaban J connectivity index is 1.65. The predicted molar refractivity (Wildman–Crippen MR) is 96.2 cm³/mol. The third-order valence-electron chi connectivity index (χ3n) is 4.43. The number of hydrogen-bond acceptors (Lipinski definition) is 5. The second kappa shape index (κ2) is 5.48. The van der Waals surface area contributed by atoms with Crippen LogP contribution in [0, 0.1) is 6.92 Å². The first-order valence-corrected chi connectivity index (χ1v) is 8.37. The molecule has 8 heteroatoms. The number of aromatic nitrogens is 8. The molecule has 0 unspecified atom stereocenters. The molecule has 5 aromatic rings. The molecule has 0 fully saturated rings. The van der Waals surface area contributed by atoms with E-state index >= 15 is 0 Å². The molecule has 26 heavy (non-hydrogen) atoms. The molecule has 4 aromatic heterocycles. The third kappa shape index (κ3) is 2.19. The van der Waals surface area contributed by atoms with Crippen molar-refractivity contribution in [2.45, 2.75) is 19.9 Å². The number of fused-ring (bicyclic) bond motifs is 3. The van der Waals surface area contributed by atoms with E-state index < -0.39 is 0 Å². The molecule has 128 valence electrons. The van der Waals surface area contributed by atoms with Gasteiger partial charge in [0.1, 0.15) is 12.4 Å². The van der Waals surface area contributed by atoms with Crippen LogP contribution in [0.15, 0.2) is 55.1 Å². The summed E-state index contributed by atoms with van der Waals surface area (Å²) in [7, 11) is 0. The van der Waals surface area contributed by atoms with Gasteiger partial charge >= 0.3 is 0 Å². The van der Waals surface area contributed by atoms with Crippen molar-refractivity contribution in [3.8, 4) is 5.69 Å². The van der Waals surface area contributed by atoms with Gasteiger partial charge in [-0.3, -0.25) is 4.68 Å². The van der Waals surface area contributed by atoms with Crippen LogP contribution in [-0.2, 0) is 0 Å². The van der Waals surface area contributed by atoms with Crippen molar-refractivity contribution < 1.29 is 0 Å². The Morgan fingerprint density at radius 3 is 2.62 bits per heavy atom. The molecule has 0 radical (unpaired) electrons. The van der Waals surface area contributed by atoms with Crippen LogP contribution in [0.4, 0.5) is 0 Å². The summed E-state index contributed by atoms with van der Waals surface area (Å²) in [6.45, 7) is 3.99. The van der Waals surface area contributed by atoms with Gasteiger partial charge in [-0.15, -0.1) is 5.10 Å². The molecule has 0 saturated carbocycles. The summed E-state index contributed by atoms with van der Waals surface area (Å²) in [5.74, 6) is 0.690. The molecule has 8 nitrogen and oxygen atoms in total. The topological polar surface area (TPSA) is 78.7 Å². The second-order valence-corrected chi connectivity index (χ2v) is 6.23. The van der Waals surface area contributed by atoms with Gasteiger partial charge in [0.05, 0.1) is 23.0 Å². The Kier molecular flexibility index (Phi) is 3.11. The van der Waals surface area contributed by atoms with Crippen molar-refractivity contribution in [1.82, 2.24) is 39.1 Å². The Morgan fingerprint density at radius 1 is 1.00 bits per heavy atom. The highest BCUT2D eigenvalue weighted by atomic mass is 15.4. The quantitative estimate of drug-likeness (QED) is 0.503. The number of hydrogen-bond donors (Lipinski definition) is 0. The molecule has 1 atom stereocenters. The zero-order chi connectivity index (χ0) is 17.7. The molecule has 0 aliphatic rings. The number of aryl methyl sites for hydroxylation is 1. The maximum Gasteiger partial charge on any atom is 0.176 e. The zero-order valence-corrected chi connectivity index (χ0v) is 14.4. The molecule has 1 aromatic carbocycles. The lowest BCUT2D eigenvalue weighted by atomic mass is 10.3. The largest absolute Gasteiger partial charge is 0.262 e. The van der Waals surface area contributed by atoms with Crippen LogP contribution in [0.1, 0.15) is 24.5 Å². The highest BCUT2D eigenvalue weighted by Crippen LogP contribution is 2.21. The molecular formula is C18H16N8.